The monoisotopic (exact) mass is 291 g/mol. The van der Waals surface area contributed by atoms with Gasteiger partial charge in [0, 0.05) is 25.7 Å². The number of nitro groups is 1. The van der Waals surface area contributed by atoms with E-state index >= 15 is 0 Å². The molecule has 3 N–H and O–H groups in total. The summed E-state index contributed by atoms with van der Waals surface area (Å²) >= 11 is 0. The maximum Gasteiger partial charge on any atom is 0.299 e. The predicted octanol–water partition coefficient (Wildman–Crippen LogP) is -0.000500. The molecule has 110 valence electrons. The number of benzene rings is 1. The number of oxazole rings is 1. The van der Waals surface area contributed by atoms with Crippen molar-refractivity contribution in [2.45, 2.75) is 6.04 Å². The predicted molar refractivity (Wildman–Crippen MR) is 73.9 cm³/mol. The molecule has 1 saturated heterocycles. The van der Waals surface area contributed by atoms with E-state index in [0.29, 0.717) is 25.2 Å². The highest BCUT2D eigenvalue weighted by Gasteiger charge is 2.31. The third kappa shape index (κ3) is 2.27. The van der Waals surface area contributed by atoms with Gasteiger partial charge in [-0.2, -0.15) is 4.98 Å². The Labute approximate surface area is 118 Å². The molecule has 0 saturated carbocycles. The van der Waals surface area contributed by atoms with Gasteiger partial charge in [-0.25, -0.2) is 0 Å². The molecule has 21 heavy (non-hydrogen) atoms. The van der Waals surface area contributed by atoms with Gasteiger partial charge in [0.15, 0.2) is 11.1 Å². The zero-order valence-electron chi connectivity index (χ0n) is 11.0. The molecule has 0 bridgehead atoms. The molecule has 1 aliphatic rings. The van der Waals surface area contributed by atoms with E-state index in [-0.39, 0.29) is 17.2 Å². The largest absolute Gasteiger partial charge is 0.423 e. The smallest absolute Gasteiger partial charge is 0.299 e. The van der Waals surface area contributed by atoms with E-state index in [0.717, 1.165) is 0 Å². The normalized spacial score (nSPS) is 18.9. The van der Waals surface area contributed by atoms with Crippen molar-refractivity contribution in [2.24, 2.45) is 5.73 Å². The Hall–Kier alpha value is -2.68. The lowest BCUT2D eigenvalue weighted by Crippen LogP contribution is -2.57. The quantitative estimate of drug-likeness (QED) is 0.601. The molecule has 0 radical (unpaired) electrons. The van der Waals surface area contributed by atoms with E-state index in [2.05, 4.69) is 10.3 Å². The molecule has 1 aromatic carbocycles. The maximum atomic E-state index is 11.5. The number of aromatic nitrogens is 1. The van der Waals surface area contributed by atoms with Crippen LogP contribution in [0.25, 0.3) is 11.1 Å². The molecule has 2 heterocycles. The number of carbonyl (C=O) groups excluding carboxylic acids is 1. The summed E-state index contributed by atoms with van der Waals surface area (Å²) in [6, 6.07) is 4.06. The molecule has 0 spiro atoms. The van der Waals surface area contributed by atoms with Crippen LogP contribution < -0.4 is 16.0 Å². The van der Waals surface area contributed by atoms with Crippen molar-refractivity contribution in [2.75, 3.05) is 24.5 Å². The molecule has 3 rings (SSSR count). The summed E-state index contributed by atoms with van der Waals surface area (Å²) in [6.45, 7) is 1.51. The molecule has 1 atom stereocenters. The van der Waals surface area contributed by atoms with Gasteiger partial charge in [0.25, 0.3) is 11.7 Å². The van der Waals surface area contributed by atoms with Crippen LogP contribution >= 0.6 is 0 Å². The Kier molecular flexibility index (Phi) is 3.18. The average molecular weight is 291 g/mol. The average Bonchev–Trinajstić information content (AvgIpc) is 2.90. The summed E-state index contributed by atoms with van der Waals surface area (Å²) in [4.78, 5) is 27.8. The first kappa shape index (κ1) is 13.3. The first-order chi connectivity index (χ1) is 10.1. The van der Waals surface area contributed by atoms with Gasteiger partial charge in [-0.15, -0.1) is 0 Å². The molecular formula is C12H13N5O4. The van der Waals surface area contributed by atoms with Crippen molar-refractivity contribution in [3.63, 3.8) is 0 Å². The fraction of sp³-hybridized carbons (Fsp3) is 0.333. The Bertz CT molecular complexity index is 713. The van der Waals surface area contributed by atoms with Crippen LogP contribution in [-0.4, -0.2) is 41.5 Å². The van der Waals surface area contributed by atoms with Crippen molar-refractivity contribution >= 4 is 28.7 Å². The third-order valence-electron chi connectivity index (χ3n) is 3.40. The number of rotatable bonds is 3. The highest BCUT2D eigenvalue weighted by atomic mass is 16.6. The number of para-hydroxylation sites is 1. The zero-order chi connectivity index (χ0) is 15.0. The van der Waals surface area contributed by atoms with Crippen molar-refractivity contribution in [3.05, 3.63) is 28.3 Å². The number of piperazine rings is 1. The fourth-order valence-electron chi connectivity index (χ4n) is 2.38. The van der Waals surface area contributed by atoms with Gasteiger partial charge >= 0.3 is 0 Å². The van der Waals surface area contributed by atoms with Gasteiger partial charge in [-0.05, 0) is 6.07 Å². The number of fused-ring (bicyclic) bond motifs is 1. The number of amides is 1. The van der Waals surface area contributed by atoms with E-state index in [4.69, 9.17) is 10.2 Å². The van der Waals surface area contributed by atoms with Gasteiger partial charge in [-0.1, -0.05) is 6.07 Å². The van der Waals surface area contributed by atoms with Gasteiger partial charge < -0.3 is 20.4 Å². The molecule has 0 aliphatic carbocycles. The standard InChI is InChI=1S/C12H13N5O4/c13-11(18)8-6-14-4-5-16(8)12-15-10-7(17(19)20)2-1-3-9(10)21-12/h1-3,8,14H,4-6H2,(H2,13,18). The number of nitrogens with two attached hydrogens (primary N) is 1. The molecule has 1 aromatic heterocycles. The van der Waals surface area contributed by atoms with Crippen LogP contribution in [0.3, 0.4) is 0 Å². The number of primary amides is 1. The summed E-state index contributed by atoms with van der Waals surface area (Å²) in [5.41, 5.74) is 5.71. The van der Waals surface area contributed by atoms with Crippen molar-refractivity contribution < 1.29 is 14.1 Å². The molecule has 1 aliphatic heterocycles. The minimum absolute atomic E-state index is 0.131. The Morgan fingerprint density at radius 1 is 1.57 bits per heavy atom. The van der Waals surface area contributed by atoms with Crippen LogP contribution in [0.5, 0.6) is 0 Å². The molecule has 1 amide bonds. The number of carbonyl (C=O) groups is 1. The van der Waals surface area contributed by atoms with Crippen molar-refractivity contribution in [1.29, 1.82) is 0 Å². The van der Waals surface area contributed by atoms with E-state index in [1.54, 1.807) is 11.0 Å². The van der Waals surface area contributed by atoms with E-state index in [9.17, 15) is 14.9 Å². The van der Waals surface area contributed by atoms with Crippen LogP contribution in [0, 0.1) is 10.1 Å². The lowest BCUT2D eigenvalue weighted by molar-refractivity contribution is -0.383. The van der Waals surface area contributed by atoms with Gasteiger partial charge in [0.1, 0.15) is 6.04 Å². The second-order valence-electron chi connectivity index (χ2n) is 4.69. The van der Waals surface area contributed by atoms with Crippen LogP contribution in [0.15, 0.2) is 22.6 Å². The second-order valence-corrected chi connectivity index (χ2v) is 4.69. The molecule has 1 unspecified atom stereocenters. The Morgan fingerprint density at radius 2 is 2.38 bits per heavy atom. The number of hydrogen-bond acceptors (Lipinski definition) is 7. The van der Waals surface area contributed by atoms with Crippen LogP contribution in [-0.2, 0) is 4.79 Å². The van der Waals surface area contributed by atoms with Crippen LogP contribution in [0.1, 0.15) is 0 Å². The summed E-state index contributed by atoms with van der Waals surface area (Å²) in [5.74, 6) is -0.501. The highest BCUT2D eigenvalue weighted by Crippen LogP contribution is 2.29. The number of nitrogens with one attached hydrogen (secondary N) is 1. The molecule has 1 fully saturated rings. The summed E-state index contributed by atoms with van der Waals surface area (Å²) < 4.78 is 5.55. The summed E-state index contributed by atoms with van der Waals surface area (Å²) in [6.07, 6.45) is 0. The highest BCUT2D eigenvalue weighted by molar-refractivity contribution is 5.86. The molecule has 9 heteroatoms. The van der Waals surface area contributed by atoms with Gasteiger partial charge in [0.2, 0.25) is 5.91 Å². The summed E-state index contributed by atoms with van der Waals surface area (Å²) in [7, 11) is 0. The Balaban J connectivity index is 2.06. The topological polar surface area (TPSA) is 128 Å². The van der Waals surface area contributed by atoms with Crippen molar-refractivity contribution in [3.8, 4) is 0 Å². The van der Waals surface area contributed by atoms with Crippen LogP contribution in [0.4, 0.5) is 11.7 Å². The first-order valence-corrected chi connectivity index (χ1v) is 6.38. The summed E-state index contributed by atoms with van der Waals surface area (Å²) in [5, 5.41) is 14.1. The third-order valence-corrected chi connectivity index (χ3v) is 3.40. The van der Waals surface area contributed by atoms with Crippen molar-refractivity contribution in [1.82, 2.24) is 10.3 Å². The Morgan fingerprint density at radius 3 is 3.10 bits per heavy atom. The minimum atomic E-state index is -0.592. The van der Waals surface area contributed by atoms with E-state index in [1.807, 2.05) is 0 Å². The van der Waals surface area contributed by atoms with Gasteiger partial charge in [0.05, 0.1) is 4.92 Å². The molecule has 2 aromatic rings. The lowest BCUT2D eigenvalue weighted by Gasteiger charge is -2.32. The fourth-order valence-corrected chi connectivity index (χ4v) is 2.38. The second kappa shape index (κ2) is 5.02. The SMILES string of the molecule is NC(=O)C1CNCCN1c1nc2c([N+](=O)[O-])cccc2o1. The maximum absolute atomic E-state index is 11.5. The van der Waals surface area contributed by atoms with Crippen LogP contribution in [0.2, 0.25) is 0 Å². The van der Waals surface area contributed by atoms with Gasteiger partial charge in [-0.3, -0.25) is 14.9 Å². The molecular weight excluding hydrogens is 278 g/mol. The minimum Gasteiger partial charge on any atom is -0.423 e. The number of nitro benzene ring substituents is 1. The zero-order valence-corrected chi connectivity index (χ0v) is 11.0. The number of hydrogen-bond donors (Lipinski definition) is 2. The number of non-ortho nitro benzene ring substituents is 1. The van der Waals surface area contributed by atoms with E-state index < -0.39 is 16.9 Å². The first-order valence-electron chi connectivity index (χ1n) is 6.38. The number of anilines is 1. The lowest BCUT2D eigenvalue weighted by atomic mass is 10.2. The van der Waals surface area contributed by atoms with E-state index in [1.165, 1.54) is 12.1 Å². The number of nitrogens with zero attached hydrogens (tertiary/aromatic N) is 3. The molecule has 9 nitrogen and oxygen atoms in total.